The van der Waals surface area contributed by atoms with Gasteiger partial charge in [-0.25, -0.2) is 9.97 Å². The predicted molar refractivity (Wildman–Crippen MR) is 114 cm³/mol. The van der Waals surface area contributed by atoms with E-state index in [-0.39, 0.29) is 11.3 Å². The van der Waals surface area contributed by atoms with E-state index in [1.807, 2.05) is 54.8 Å². The van der Waals surface area contributed by atoms with Crippen molar-refractivity contribution in [1.82, 2.24) is 9.97 Å². The first-order chi connectivity index (χ1) is 13.2. The van der Waals surface area contributed by atoms with Gasteiger partial charge in [-0.1, -0.05) is 37.3 Å². The largest absolute Gasteiger partial charge is 0.457 e. The molecule has 1 N–H and O–H groups in total. The summed E-state index contributed by atoms with van der Waals surface area (Å²) in [5, 5.41) is 3.74. The molecule has 6 heteroatoms. The third-order valence-electron chi connectivity index (χ3n) is 4.01. The second-order valence-electron chi connectivity index (χ2n) is 6.04. The highest BCUT2D eigenvalue weighted by atomic mass is 35.5. The van der Waals surface area contributed by atoms with E-state index < -0.39 is 0 Å². The zero-order chi connectivity index (χ0) is 19.1. The van der Waals surface area contributed by atoms with Crippen molar-refractivity contribution < 1.29 is 4.74 Å². The normalized spacial score (nSPS) is 11.8. The highest BCUT2D eigenvalue weighted by Crippen LogP contribution is 2.28. The van der Waals surface area contributed by atoms with Gasteiger partial charge in [-0.2, -0.15) is 11.8 Å². The first-order valence-electron chi connectivity index (χ1n) is 8.79. The van der Waals surface area contributed by atoms with E-state index in [1.165, 1.54) is 0 Å². The third kappa shape index (κ3) is 5.62. The molecule has 3 rings (SSSR count). The summed E-state index contributed by atoms with van der Waals surface area (Å²) in [5.41, 5.74) is 2.05. The van der Waals surface area contributed by atoms with Crippen LogP contribution in [0.2, 0.25) is 5.28 Å². The Morgan fingerprint density at radius 2 is 1.81 bits per heavy atom. The second-order valence-corrected chi connectivity index (χ2v) is 7.24. The molecule has 2 aromatic carbocycles. The topological polar surface area (TPSA) is 47.0 Å². The molecule has 0 spiro atoms. The maximum absolute atomic E-state index is 6.08. The van der Waals surface area contributed by atoms with Gasteiger partial charge in [0.2, 0.25) is 5.28 Å². The molecule has 4 nitrogen and oxygen atoms in total. The van der Waals surface area contributed by atoms with Gasteiger partial charge in [0, 0.05) is 11.8 Å². The van der Waals surface area contributed by atoms with Gasteiger partial charge in [-0.3, -0.25) is 0 Å². The lowest BCUT2D eigenvalue weighted by atomic mass is 10.0. The third-order valence-corrected chi connectivity index (χ3v) is 4.77. The fraction of sp³-hybridized carbons (Fsp3) is 0.238. The van der Waals surface area contributed by atoms with E-state index >= 15 is 0 Å². The highest BCUT2D eigenvalue weighted by molar-refractivity contribution is 7.97. The van der Waals surface area contributed by atoms with E-state index in [0.29, 0.717) is 0 Å². The fourth-order valence-corrected chi connectivity index (χ4v) is 3.42. The number of hydrogen-bond donors (Lipinski definition) is 1. The molecule has 1 unspecified atom stereocenters. The Bertz CT molecular complexity index is 876. The van der Waals surface area contributed by atoms with Crippen LogP contribution in [0.4, 0.5) is 5.82 Å². The zero-order valence-corrected chi connectivity index (χ0v) is 16.9. The molecule has 0 saturated heterocycles. The van der Waals surface area contributed by atoms with Crippen LogP contribution in [0.15, 0.2) is 60.7 Å². The van der Waals surface area contributed by atoms with Gasteiger partial charge in [0.05, 0.1) is 11.7 Å². The summed E-state index contributed by atoms with van der Waals surface area (Å²) >= 11 is 7.79. The van der Waals surface area contributed by atoms with Crippen LogP contribution in [0.25, 0.3) is 0 Å². The number of rotatable bonds is 8. The molecular weight excluding hydrogens is 378 g/mol. The first kappa shape index (κ1) is 19.5. The lowest BCUT2D eigenvalue weighted by Gasteiger charge is -2.19. The number of anilines is 1. The van der Waals surface area contributed by atoms with Gasteiger partial charge in [-0.05, 0) is 54.1 Å². The van der Waals surface area contributed by atoms with Crippen LogP contribution in [-0.2, 0) is 5.75 Å². The van der Waals surface area contributed by atoms with Gasteiger partial charge >= 0.3 is 0 Å². The summed E-state index contributed by atoms with van der Waals surface area (Å²) in [5.74, 6) is 3.16. The quantitative estimate of drug-likeness (QED) is 0.447. The number of nitrogens with zero attached hydrogens (tertiary/aromatic N) is 2. The number of para-hydroxylation sites is 1. The molecule has 0 aliphatic rings. The van der Waals surface area contributed by atoms with Crippen molar-refractivity contribution in [3.05, 3.63) is 77.2 Å². The zero-order valence-electron chi connectivity index (χ0n) is 15.4. The molecular formula is C21H22ClN3OS. The smallest absolute Gasteiger partial charge is 0.224 e. The van der Waals surface area contributed by atoms with Crippen molar-refractivity contribution in [2.24, 2.45) is 0 Å². The van der Waals surface area contributed by atoms with E-state index in [2.05, 4.69) is 34.3 Å². The molecule has 1 aromatic heterocycles. The van der Waals surface area contributed by atoms with Crippen molar-refractivity contribution in [3.63, 3.8) is 0 Å². The Balaban J connectivity index is 1.78. The number of benzene rings is 2. The molecule has 3 aromatic rings. The molecule has 1 atom stereocenters. The summed E-state index contributed by atoms with van der Waals surface area (Å²) in [7, 11) is 0. The molecule has 0 aliphatic heterocycles. The number of ether oxygens (including phenoxy) is 1. The molecule has 0 aliphatic carbocycles. The lowest BCUT2D eigenvalue weighted by molar-refractivity contribution is 0.481. The SMILES string of the molecule is CCC(Nc1cc(CSC)nc(Cl)n1)c1cccc(Oc2ccccc2)c1. The van der Waals surface area contributed by atoms with Crippen molar-refractivity contribution in [2.45, 2.75) is 25.1 Å². The van der Waals surface area contributed by atoms with E-state index in [0.717, 1.165) is 40.7 Å². The average Bonchev–Trinajstić information content (AvgIpc) is 2.67. The van der Waals surface area contributed by atoms with Gasteiger partial charge in [-0.15, -0.1) is 0 Å². The van der Waals surface area contributed by atoms with Crippen molar-refractivity contribution in [2.75, 3.05) is 11.6 Å². The van der Waals surface area contributed by atoms with Gasteiger partial charge in [0.25, 0.3) is 0 Å². The Labute approximate surface area is 169 Å². The standard InChI is InChI=1S/C21H22ClN3OS/c1-3-19(24-20-13-16(14-27-2)23-21(22)25-20)15-8-7-11-18(12-15)26-17-9-5-4-6-10-17/h4-13,19H,3,14H2,1-2H3,(H,23,24,25). The molecule has 0 fully saturated rings. The summed E-state index contributed by atoms with van der Waals surface area (Å²) < 4.78 is 5.96. The Morgan fingerprint density at radius 3 is 2.56 bits per heavy atom. The summed E-state index contributed by atoms with van der Waals surface area (Å²) in [6.45, 7) is 2.13. The highest BCUT2D eigenvalue weighted by Gasteiger charge is 2.13. The van der Waals surface area contributed by atoms with E-state index in [9.17, 15) is 0 Å². The van der Waals surface area contributed by atoms with Crippen LogP contribution >= 0.6 is 23.4 Å². The van der Waals surface area contributed by atoms with Crippen molar-refractivity contribution in [3.8, 4) is 11.5 Å². The minimum absolute atomic E-state index is 0.0948. The minimum Gasteiger partial charge on any atom is -0.457 e. The van der Waals surface area contributed by atoms with Crippen LogP contribution in [0, 0.1) is 0 Å². The number of halogens is 1. The Kier molecular flexibility index (Phi) is 6.96. The molecule has 0 amide bonds. The maximum atomic E-state index is 6.08. The fourth-order valence-electron chi connectivity index (χ4n) is 2.78. The van der Waals surface area contributed by atoms with Gasteiger partial charge < -0.3 is 10.1 Å². The van der Waals surface area contributed by atoms with Crippen LogP contribution in [-0.4, -0.2) is 16.2 Å². The van der Waals surface area contributed by atoms with E-state index in [4.69, 9.17) is 16.3 Å². The van der Waals surface area contributed by atoms with Crippen molar-refractivity contribution in [1.29, 1.82) is 0 Å². The number of hydrogen-bond acceptors (Lipinski definition) is 5. The second kappa shape index (κ2) is 9.62. The van der Waals surface area contributed by atoms with Gasteiger partial charge in [0.15, 0.2) is 0 Å². The Morgan fingerprint density at radius 1 is 1.04 bits per heavy atom. The Hall–Kier alpha value is -2.24. The predicted octanol–water partition coefficient (Wildman–Crippen LogP) is 6.35. The average molecular weight is 400 g/mol. The maximum Gasteiger partial charge on any atom is 0.224 e. The minimum atomic E-state index is 0.0948. The monoisotopic (exact) mass is 399 g/mol. The molecule has 0 radical (unpaired) electrons. The molecule has 27 heavy (non-hydrogen) atoms. The van der Waals surface area contributed by atoms with Gasteiger partial charge in [0.1, 0.15) is 17.3 Å². The summed E-state index contributed by atoms with van der Waals surface area (Å²) in [6, 6.07) is 19.9. The molecule has 140 valence electrons. The molecule has 0 bridgehead atoms. The van der Waals surface area contributed by atoms with Crippen molar-refractivity contribution >= 4 is 29.2 Å². The summed E-state index contributed by atoms with van der Waals surface area (Å²) in [6.07, 6.45) is 2.93. The lowest BCUT2D eigenvalue weighted by Crippen LogP contribution is -2.11. The van der Waals surface area contributed by atoms with Crippen LogP contribution in [0.1, 0.15) is 30.6 Å². The van der Waals surface area contributed by atoms with E-state index in [1.54, 1.807) is 11.8 Å². The number of aromatic nitrogens is 2. The van der Waals surface area contributed by atoms with Crippen LogP contribution < -0.4 is 10.1 Å². The number of nitrogens with one attached hydrogen (secondary N) is 1. The van der Waals surface area contributed by atoms with Crippen LogP contribution in [0.3, 0.4) is 0 Å². The summed E-state index contributed by atoms with van der Waals surface area (Å²) in [4.78, 5) is 8.59. The molecule has 1 heterocycles. The first-order valence-corrected chi connectivity index (χ1v) is 10.6. The molecule has 0 saturated carbocycles. The number of thioether (sulfide) groups is 1. The van der Waals surface area contributed by atoms with Crippen LogP contribution in [0.5, 0.6) is 11.5 Å².